The smallest absolute Gasteiger partial charge is 0.244 e. The van der Waals surface area contributed by atoms with Gasteiger partial charge in [-0.2, -0.15) is 0 Å². The Morgan fingerprint density at radius 1 is 0.950 bits per heavy atom. The highest BCUT2D eigenvalue weighted by molar-refractivity contribution is 6.00. The van der Waals surface area contributed by atoms with Gasteiger partial charge in [-0.1, -0.05) is 49.0 Å². The highest BCUT2D eigenvalue weighted by Crippen LogP contribution is 2.26. The number of rotatable bonds is 3. The summed E-state index contributed by atoms with van der Waals surface area (Å²) in [7, 11) is 0. The lowest BCUT2D eigenvalue weighted by atomic mass is 9.96. The number of hydrogen-bond acceptors (Lipinski definition) is 1. The lowest BCUT2D eigenvalue weighted by molar-refractivity contribution is -0.114. The summed E-state index contributed by atoms with van der Waals surface area (Å²) >= 11 is 0. The Kier molecular flexibility index (Phi) is 2.99. The number of hydrogen-bond donors (Lipinski definition) is 1. The summed E-state index contributed by atoms with van der Waals surface area (Å²) < 4.78 is 0. The summed E-state index contributed by atoms with van der Waals surface area (Å²) in [6.07, 6.45) is 0.491. The van der Waals surface area contributed by atoms with Crippen molar-refractivity contribution in [2.75, 3.05) is 0 Å². The van der Waals surface area contributed by atoms with Crippen LogP contribution in [0, 0.1) is 0 Å². The second-order valence-corrected chi connectivity index (χ2v) is 4.98. The van der Waals surface area contributed by atoms with Gasteiger partial charge in [-0.3, -0.25) is 4.79 Å². The molecule has 0 saturated carbocycles. The molecule has 0 aliphatic rings. The fourth-order valence-electron chi connectivity index (χ4n) is 2.50. The molecule has 0 aliphatic carbocycles. The second-order valence-electron chi connectivity index (χ2n) is 4.98. The van der Waals surface area contributed by atoms with E-state index in [1.165, 1.54) is 16.2 Å². The van der Waals surface area contributed by atoms with Gasteiger partial charge in [-0.25, -0.2) is 0 Å². The van der Waals surface area contributed by atoms with E-state index in [1.807, 2.05) is 24.3 Å². The first-order valence-corrected chi connectivity index (χ1v) is 6.53. The average molecular weight is 261 g/mol. The van der Waals surface area contributed by atoms with Crippen molar-refractivity contribution in [3.63, 3.8) is 0 Å². The maximum Gasteiger partial charge on any atom is 0.244 e. The molecule has 0 heterocycles. The molecule has 0 unspecified atom stereocenters. The minimum absolute atomic E-state index is 0.436. The van der Waals surface area contributed by atoms with Gasteiger partial charge in [0.2, 0.25) is 5.91 Å². The summed E-state index contributed by atoms with van der Waals surface area (Å²) in [6, 6.07) is 18.7. The van der Waals surface area contributed by atoms with E-state index in [0.717, 1.165) is 10.9 Å². The zero-order chi connectivity index (χ0) is 14.1. The van der Waals surface area contributed by atoms with Crippen LogP contribution < -0.4 is 5.73 Å². The molecule has 3 rings (SSSR count). The van der Waals surface area contributed by atoms with Crippen molar-refractivity contribution in [2.45, 2.75) is 6.42 Å². The fourth-order valence-corrected chi connectivity index (χ4v) is 2.50. The molecular formula is C18H15NO. The number of nitrogens with two attached hydrogens (primary N) is 1. The summed E-state index contributed by atoms with van der Waals surface area (Å²) in [5.41, 5.74) is 6.80. The number of fused-ring (bicyclic) bond motifs is 2. The molecule has 3 aromatic carbocycles. The molecule has 0 saturated heterocycles. The van der Waals surface area contributed by atoms with Crippen molar-refractivity contribution in [3.8, 4) is 0 Å². The topological polar surface area (TPSA) is 43.1 Å². The first-order chi connectivity index (χ1) is 9.65. The molecule has 2 heteroatoms. The van der Waals surface area contributed by atoms with Gasteiger partial charge in [-0.05, 0) is 39.2 Å². The Balaban J connectivity index is 2.20. The Hall–Kier alpha value is -2.61. The minimum Gasteiger partial charge on any atom is -0.366 e. The van der Waals surface area contributed by atoms with E-state index in [9.17, 15) is 4.79 Å². The Morgan fingerprint density at radius 3 is 2.30 bits per heavy atom. The van der Waals surface area contributed by atoms with Gasteiger partial charge in [-0.15, -0.1) is 0 Å². The molecule has 0 bridgehead atoms. The van der Waals surface area contributed by atoms with Crippen LogP contribution in [-0.4, -0.2) is 5.91 Å². The minimum atomic E-state index is -0.442. The predicted molar refractivity (Wildman–Crippen MR) is 83.5 cm³/mol. The maximum atomic E-state index is 11.2. The van der Waals surface area contributed by atoms with Gasteiger partial charge in [0, 0.05) is 12.0 Å². The zero-order valence-corrected chi connectivity index (χ0v) is 11.1. The molecule has 0 radical (unpaired) electrons. The van der Waals surface area contributed by atoms with Crippen LogP contribution in [-0.2, 0) is 11.2 Å². The van der Waals surface area contributed by atoms with Crippen molar-refractivity contribution < 1.29 is 4.79 Å². The van der Waals surface area contributed by atoms with Crippen LogP contribution in [0.5, 0.6) is 0 Å². The van der Waals surface area contributed by atoms with E-state index in [1.54, 1.807) is 0 Å². The average Bonchev–Trinajstić information content (AvgIpc) is 2.45. The molecule has 1 amide bonds. The summed E-state index contributed by atoms with van der Waals surface area (Å²) in [4.78, 5) is 11.2. The van der Waals surface area contributed by atoms with Gasteiger partial charge in [0.15, 0.2) is 0 Å². The monoisotopic (exact) mass is 261 g/mol. The van der Waals surface area contributed by atoms with E-state index in [0.29, 0.717) is 12.0 Å². The van der Waals surface area contributed by atoms with Crippen molar-refractivity contribution in [2.24, 2.45) is 5.73 Å². The quantitative estimate of drug-likeness (QED) is 0.568. The van der Waals surface area contributed by atoms with E-state index >= 15 is 0 Å². The van der Waals surface area contributed by atoms with Crippen molar-refractivity contribution >= 4 is 27.5 Å². The van der Waals surface area contributed by atoms with Crippen LogP contribution >= 0.6 is 0 Å². The Bertz CT molecular complexity index is 833. The number of primary amides is 1. The van der Waals surface area contributed by atoms with Gasteiger partial charge in [0.1, 0.15) is 0 Å². The van der Waals surface area contributed by atoms with Crippen LogP contribution in [0.1, 0.15) is 5.56 Å². The first kappa shape index (κ1) is 12.4. The third-order valence-electron chi connectivity index (χ3n) is 3.59. The van der Waals surface area contributed by atoms with Crippen LogP contribution in [0.2, 0.25) is 0 Å². The van der Waals surface area contributed by atoms with Gasteiger partial charge in [0.25, 0.3) is 0 Å². The molecule has 98 valence electrons. The summed E-state index contributed by atoms with van der Waals surface area (Å²) in [5.74, 6) is -0.442. The fraction of sp³-hybridized carbons (Fsp3) is 0.0556. The zero-order valence-electron chi connectivity index (χ0n) is 11.1. The SMILES string of the molecule is C=C(Cc1cccc2cc3ccccc3cc12)C(N)=O. The second kappa shape index (κ2) is 4.82. The van der Waals surface area contributed by atoms with Crippen LogP contribution in [0.4, 0.5) is 0 Å². The Labute approximate surface area is 117 Å². The summed E-state index contributed by atoms with van der Waals surface area (Å²) in [6.45, 7) is 3.74. The van der Waals surface area contributed by atoms with Crippen molar-refractivity contribution in [1.82, 2.24) is 0 Å². The number of carbonyl (C=O) groups excluding carboxylic acids is 1. The van der Waals surface area contributed by atoms with Crippen molar-refractivity contribution in [1.29, 1.82) is 0 Å². The lowest BCUT2D eigenvalue weighted by Crippen LogP contribution is -2.14. The number of amides is 1. The van der Waals surface area contributed by atoms with Crippen LogP contribution in [0.25, 0.3) is 21.5 Å². The Morgan fingerprint density at radius 2 is 1.60 bits per heavy atom. The maximum absolute atomic E-state index is 11.2. The largest absolute Gasteiger partial charge is 0.366 e. The van der Waals surface area contributed by atoms with Gasteiger partial charge >= 0.3 is 0 Å². The van der Waals surface area contributed by atoms with Gasteiger partial charge in [0.05, 0.1) is 0 Å². The molecule has 0 aromatic heterocycles. The molecule has 0 atom stereocenters. The van der Waals surface area contributed by atoms with E-state index in [-0.39, 0.29) is 0 Å². The summed E-state index contributed by atoms with van der Waals surface area (Å²) in [5, 5.41) is 4.72. The number of benzene rings is 3. The van der Waals surface area contributed by atoms with Crippen molar-refractivity contribution in [3.05, 3.63) is 72.3 Å². The number of carbonyl (C=O) groups is 1. The van der Waals surface area contributed by atoms with Crippen LogP contribution in [0.3, 0.4) is 0 Å². The molecule has 0 aliphatic heterocycles. The van der Waals surface area contributed by atoms with Gasteiger partial charge < -0.3 is 5.73 Å². The first-order valence-electron chi connectivity index (χ1n) is 6.53. The normalized spacial score (nSPS) is 10.8. The molecule has 2 N–H and O–H groups in total. The third kappa shape index (κ3) is 2.16. The molecule has 20 heavy (non-hydrogen) atoms. The molecular weight excluding hydrogens is 246 g/mol. The van der Waals surface area contributed by atoms with E-state index in [4.69, 9.17) is 5.73 Å². The standard InChI is InChI=1S/C18H15NO/c1-12(18(19)20)9-15-7-4-8-16-10-13-5-2-3-6-14(13)11-17(15)16/h2-8,10-11H,1,9H2,(H2,19,20). The lowest BCUT2D eigenvalue weighted by Gasteiger charge is -2.08. The highest BCUT2D eigenvalue weighted by Gasteiger charge is 2.07. The molecule has 0 spiro atoms. The van der Waals surface area contributed by atoms with E-state index < -0.39 is 5.91 Å². The van der Waals surface area contributed by atoms with Crippen LogP contribution in [0.15, 0.2) is 66.7 Å². The molecule has 3 aromatic rings. The predicted octanol–water partition coefficient (Wildman–Crippen LogP) is 3.58. The highest BCUT2D eigenvalue weighted by atomic mass is 16.1. The van der Waals surface area contributed by atoms with E-state index in [2.05, 4.69) is 36.9 Å². The molecule has 0 fully saturated rings. The third-order valence-corrected chi connectivity index (χ3v) is 3.59. The molecule has 2 nitrogen and oxygen atoms in total.